The van der Waals surface area contributed by atoms with Crippen molar-refractivity contribution >= 4 is 5.95 Å². The molecule has 0 fully saturated rings. The minimum Gasteiger partial charge on any atom is -0.356 e. The van der Waals surface area contributed by atoms with Crippen molar-refractivity contribution in [1.82, 2.24) is 19.7 Å². The van der Waals surface area contributed by atoms with E-state index in [1.54, 1.807) is 0 Å². The summed E-state index contributed by atoms with van der Waals surface area (Å²) in [6.07, 6.45) is 6.04. The molecular formula is C12H19N5. The van der Waals surface area contributed by atoms with Gasteiger partial charge in [-0.3, -0.25) is 5.10 Å². The monoisotopic (exact) mass is 233 g/mol. The summed E-state index contributed by atoms with van der Waals surface area (Å²) >= 11 is 0. The Morgan fingerprint density at radius 2 is 2.24 bits per heavy atom. The van der Waals surface area contributed by atoms with Crippen LogP contribution in [-0.4, -0.2) is 26.3 Å². The number of aromatic amines is 1. The van der Waals surface area contributed by atoms with Gasteiger partial charge in [0.2, 0.25) is 5.95 Å². The van der Waals surface area contributed by atoms with E-state index in [9.17, 15) is 0 Å². The lowest BCUT2D eigenvalue weighted by Crippen LogP contribution is -2.07. The third-order valence-corrected chi connectivity index (χ3v) is 2.84. The Hall–Kier alpha value is -1.78. The largest absolute Gasteiger partial charge is 0.356 e. The molecular weight excluding hydrogens is 214 g/mol. The van der Waals surface area contributed by atoms with E-state index in [1.165, 1.54) is 5.56 Å². The van der Waals surface area contributed by atoms with E-state index in [2.05, 4.69) is 27.4 Å². The van der Waals surface area contributed by atoms with Crippen molar-refractivity contribution in [3.8, 4) is 0 Å². The minimum atomic E-state index is 0.926. The zero-order valence-corrected chi connectivity index (χ0v) is 10.6. The van der Waals surface area contributed by atoms with Crippen molar-refractivity contribution in [2.75, 3.05) is 11.9 Å². The van der Waals surface area contributed by atoms with Crippen molar-refractivity contribution in [2.45, 2.75) is 26.7 Å². The summed E-state index contributed by atoms with van der Waals surface area (Å²) in [6, 6.07) is 0. The second kappa shape index (κ2) is 5.03. The molecule has 17 heavy (non-hydrogen) atoms. The van der Waals surface area contributed by atoms with Gasteiger partial charge in [0.1, 0.15) is 0 Å². The second-order valence-corrected chi connectivity index (χ2v) is 4.37. The van der Waals surface area contributed by atoms with Gasteiger partial charge in [0.15, 0.2) is 0 Å². The number of rotatable bonds is 5. The Morgan fingerprint density at radius 1 is 1.41 bits per heavy atom. The van der Waals surface area contributed by atoms with Crippen LogP contribution in [0.2, 0.25) is 0 Å². The first kappa shape index (κ1) is 11.7. The summed E-state index contributed by atoms with van der Waals surface area (Å²) in [6.45, 7) is 4.98. The highest BCUT2D eigenvalue weighted by atomic mass is 15.2. The van der Waals surface area contributed by atoms with Gasteiger partial charge in [-0.15, -0.1) is 0 Å². The van der Waals surface area contributed by atoms with Crippen LogP contribution in [-0.2, 0) is 13.5 Å². The summed E-state index contributed by atoms with van der Waals surface area (Å²) < 4.78 is 2.01. The Balaban J connectivity index is 1.77. The molecule has 0 aliphatic rings. The SMILES string of the molecule is Cc1cn(C)c(NCCCc2cn[nH]c2C)n1. The topological polar surface area (TPSA) is 58.5 Å². The van der Waals surface area contributed by atoms with Gasteiger partial charge in [-0.1, -0.05) is 0 Å². The first-order valence-electron chi connectivity index (χ1n) is 5.89. The number of hydrogen-bond donors (Lipinski definition) is 2. The van der Waals surface area contributed by atoms with Gasteiger partial charge in [0, 0.05) is 25.5 Å². The molecule has 2 rings (SSSR count). The molecule has 0 aliphatic heterocycles. The predicted octanol–water partition coefficient (Wildman–Crippen LogP) is 1.80. The minimum absolute atomic E-state index is 0.926. The molecule has 92 valence electrons. The quantitative estimate of drug-likeness (QED) is 0.774. The molecule has 0 atom stereocenters. The summed E-state index contributed by atoms with van der Waals surface area (Å²) in [5.74, 6) is 0.936. The highest BCUT2D eigenvalue weighted by molar-refractivity contribution is 5.28. The standard InChI is InChI=1S/C12H19N5/c1-9-8-17(3)12(15-9)13-6-4-5-11-7-14-16-10(11)2/h7-8H,4-6H2,1-3H3,(H,13,15)(H,14,16). The molecule has 2 N–H and O–H groups in total. The lowest BCUT2D eigenvalue weighted by molar-refractivity contribution is 0.828. The molecule has 0 saturated carbocycles. The molecule has 5 nitrogen and oxygen atoms in total. The van der Waals surface area contributed by atoms with Crippen LogP contribution in [0.4, 0.5) is 5.95 Å². The average Bonchev–Trinajstić information content (AvgIpc) is 2.81. The van der Waals surface area contributed by atoms with Crippen LogP contribution in [0.5, 0.6) is 0 Å². The van der Waals surface area contributed by atoms with E-state index >= 15 is 0 Å². The van der Waals surface area contributed by atoms with E-state index in [0.717, 1.165) is 36.7 Å². The Labute approximate surface area is 101 Å². The van der Waals surface area contributed by atoms with Gasteiger partial charge in [-0.25, -0.2) is 4.98 Å². The fraction of sp³-hybridized carbons (Fsp3) is 0.500. The van der Waals surface area contributed by atoms with Crippen LogP contribution < -0.4 is 5.32 Å². The average molecular weight is 233 g/mol. The lowest BCUT2D eigenvalue weighted by Gasteiger charge is -2.05. The van der Waals surface area contributed by atoms with E-state index in [4.69, 9.17) is 0 Å². The first-order valence-corrected chi connectivity index (χ1v) is 5.89. The number of aryl methyl sites for hydroxylation is 4. The van der Waals surface area contributed by atoms with E-state index in [-0.39, 0.29) is 0 Å². The Morgan fingerprint density at radius 3 is 2.82 bits per heavy atom. The molecule has 2 aromatic rings. The first-order chi connectivity index (χ1) is 8.16. The van der Waals surface area contributed by atoms with Crippen LogP contribution in [0, 0.1) is 13.8 Å². The van der Waals surface area contributed by atoms with Crippen molar-refractivity contribution in [3.63, 3.8) is 0 Å². The van der Waals surface area contributed by atoms with Gasteiger partial charge < -0.3 is 9.88 Å². The van der Waals surface area contributed by atoms with Crippen molar-refractivity contribution in [3.05, 3.63) is 29.3 Å². The zero-order chi connectivity index (χ0) is 12.3. The predicted molar refractivity (Wildman–Crippen MR) is 68.1 cm³/mol. The molecule has 0 unspecified atom stereocenters. The van der Waals surface area contributed by atoms with Crippen molar-refractivity contribution < 1.29 is 0 Å². The summed E-state index contributed by atoms with van der Waals surface area (Å²) in [7, 11) is 2.00. The number of anilines is 1. The van der Waals surface area contributed by atoms with Crippen molar-refractivity contribution in [2.24, 2.45) is 7.05 Å². The van der Waals surface area contributed by atoms with Crippen LogP contribution in [0.25, 0.3) is 0 Å². The fourth-order valence-electron chi connectivity index (χ4n) is 1.89. The van der Waals surface area contributed by atoms with E-state index < -0.39 is 0 Å². The molecule has 0 radical (unpaired) electrons. The molecule has 5 heteroatoms. The maximum atomic E-state index is 4.40. The summed E-state index contributed by atoms with van der Waals surface area (Å²) in [5, 5.41) is 10.3. The third kappa shape index (κ3) is 2.87. The molecule has 0 spiro atoms. The fourth-order valence-corrected chi connectivity index (χ4v) is 1.89. The Bertz CT molecular complexity index is 483. The van der Waals surface area contributed by atoms with Crippen LogP contribution in [0.1, 0.15) is 23.4 Å². The molecule has 0 saturated heterocycles. The van der Waals surface area contributed by atoms with Crippen LogP contribution >= 0.6 is 0 Å². The number of H-pyrrole nitrogens is 1. The number of hydrogen-bond acceptors (Lipinski definition) is 3. The van der Waals surface area contributed by atoms with Gasteiger partial charge in [-0.05, 0) is 32.3 Å². The third-order valence-electron chi connectivity index (χ3n) is 2.84. The van der Waals surface area contributed by atoms with Gasteiger partial charge >= 0.3 is 0 Å². The molecule has 0 aromatic carbocycles. The lowest BCUT2D eigenvalue weighted by atomic mass is 10.1. The van der Waals surface area contributed by atoms with E-state index in [0.29, 0.717) is 0 Å². The zero-order valence-electron chi connectivity index (χ0n) is 10.6. The maximum Gasteiger partial charge on any atom is 0.202 e. The number of nitrogens with one attached hydrogen (secondary N) is 2. The number of aromatic nitrogens is 4. The molecule has 0 bridgehead atoms. The highest BCUT2D eigenvalue weighted by Gasteiger charge is 2.02. The maximum absolute atomic E-state index is 4.40. The number of nitrogens with zero attached hydrogens (tertiary/aromatic N) is 3. The summed E-state index contributed by atoms with van der Waals surface area (Å²) in [5.41, 5.74) is 3.50. The number of imidazole rings is 1. The molecule has 2 aromatic heterocycles. The molecule has 0 aliphatic carbocycles. The second-order valence-electron chi connectivity index (χ2n) is 4.37. The van der Waals surface area contributed by atoms with E-state index in [1.807, 2.05) is 30.9 Å². The molecule has 2 heterocycles. The summed E-state index contributed by atoms with van der Waals surface area (Å²) in [4.78, 5) is 4.40. The molecule has 0 amide bonds. The highest BCUT2D eigenvalue weighted by Crippen LogP contribution is 2.08. The van der Waals surface area contributed by atoms with Gasteiger partial charge in [0.25, 0.3) is 0 Å². The normalized spacial score (nSPS) is 10.8. The van der Waals surface area contributed by atoms with Gasteiger partial charge in [-0.2, -0.15) is 5.10 Å². The smallest absolute Gasteiger partial charge is 0.202 e. The van der Waals surface area contributed by atoms with Crippen molar-refractivity contribution in [1.29, 1.82) is 0 Å². The van der Waals surface area contributed by atoms with Crippen LogP contribution in [0.3, 0.4) is 0 Å². The Kier molecular flexibility index (Phi) is 3.46. The van der Waals surface area contributed by atoms with Crippen LogP contribution in [0.15, 0.2) is 12.4 Å². The van der Waals surface area contributed by atoms with Gasteiger partial charge in [0.05, 0.1) is 11.9 Å².